The van der Waals surface area contributed by atoms with Gasteiger partial charge in [0.05, 0.1) is 30.3 Å². The molecule has 0 aliphatic heterocycles. The van der Waals surface area contributed by atoms with Gasteiger partial charge in [0, 0.05) is 0 Å². The molecule has 0 radical (unpaired) electrons. The molecule has 88 valence electrons. The summed E-state index contributed by atoms with van der Waals surface area (Å²) in [4.78, 5) is 10.5. The smallest absolute Gasteiger partial charge is 0.316 e. The first-order chi connectivity index (χ1) is 7.56. The van der Waals surface area contributed by atoms with Crippen molar-refractivity contribution in [2.45, 2.75) is 26.6 Å². The summed E-state index contributed by atoms with van der Waals surface area (Å²) in [7, 11) is 1.41. The SMILES string of the molecule is COc1cccc(COC(C)C)c1[N+](=O)[O-]. The molecule has 5 nitrogen and oxygen atoms in total. The maximum atomic E-state index is 10.9. The Morgan fingerprint density at radius 2 is 2.12 bits per heavy atom. The van der Waals surface area contributed by atoms with E-state index in [9.17, 15) is 10.1 Å². The van der Waals surface area contributed by atoms with Crippen molar-refractivity contribution in [1.29, 1.82) is 0 Å². The minimum atomic E-state index is -0.447. The number of nitro groups is 1. The van der Waals surface area contributed by atoms with E-state index in [1.165, 1.54) is 7.11 Å². The van der Waals surface area contributed by atoms with E-state index in [1.807, 2.05) is 13.8 Å². The van der Waals surface area contributed by atoms with Gasteiger partial charge in [-0.1, -0.05) is 6.07 Å². The molecule has 0 saturated carbocycles. The van der Waals surface area contributed by atoms with Gasteiger partial charge in [0.15, 0.2) is 5.75 Å². The molecule has 5 heteroatoms. The summed E-state index contributed by atoms with van der Waals surface area (Å²) >= 11 is 0. The molecule has 1 rings (SSSR count). The number of methoxy groups -OCH3 is 1. The predicted molar refractivity (Wildman–Crippen MR) is 59.6 cm³/mol. The van der Waals surface area contributed by atoms with E-state index >= 15 is 0 Å². The molecule has 16 heavy (non-hydrogen) atoms. The van der Waals surface area contributed by atoms with Crippen LogP contribution in [0.25, 0.3) is 0 Å². The average Bonchev–Trinajstić information content (AvgIpc) is 2.25. The van der Waals surface area contributed by atoms with Crippen molar-refractivity contribution in [3.63, 3.8) is 0 Å². The zero-order valence-electron chi connectivity index (χ0n) is 9.60. The second kappa shape index (κ2) is 5.46. The first-order valence-electron chi connectivity index (χ1n) is 4.98. The van der Waals surface area contributed by atoms with E-state index in [-0.39, 0.29) is 24.1 Å². The predicted octanol–water partition coefficient (Wildman–Crippen LogP) is 2.53. The summed E-state index contributed by atoms with van der Waals surface area (Å²) in [5.41, 5.74) is 0.503. The van der Waals surface area contributed by atoms with Crippen molar-refractivity contribution < 1.29 is 14.4 Å². The van der Waals surface area contributed by atoms with Gasteiger partial charge in [-0.25, -0.2) is 0 Å². The molecule has 0 aliphatic rings. The highest BCUT2D eigenvalue weighted by Crippen LogP contribution is 2.30. The fraction of sp³-hybridized carbons (Fsp3) is 0.455. The number of hydrogen-bond donors (Lipinski definition) is 0. The first kappa shape index (κ1) is 12.4. The van der Waals surface area contributed by atoms with E-state index in [1.54, 1.807) is 18.2 Å². The monoisotopic (exact) mass is 225 g/mol. The molecule has 0 aliphatic carbocycles. The summed E-state index contributed by atoms with van der Waals surface area (Å²) < 4.78 is 10.3. The normalized spacial score (nSPS) is 10.5. The Labute approximate surface area is 94.1 Å². The van der Waals surface area contributed by atoms with Gasteiger partial charge in [-0.15, -0.1) is 0 Å². The highest BCUT2D eigenvalue weighted by atomic mass is 16.6. The Bertz CT molecular complexity index is 376. The van der Waals surface area contributed by atoms with Gasteiger partial charge in [-0.05, 0) is 26.0 Å². The number of benzene rings is 1. The maximum Gasteiger partial charge on any atom is 0.316 e. The third kappa shape index (κ3) is 2.93. The van der Waals surface area contributed by atoms with Crippen LogP contribution in [0, 0.1) is 10.1 Å². The minimum Gasteiger partial charge on any atom is -0.490 e. The second-order valence-electron chi connectivity index (χ2n) is 3.58. The molecule has 0 amide bonds. The van der Waals surface area contributed by atoms with Gasteiger partial charge in [0.25, 0.3) is 0 Å². The fourth-order valence-electron chi connectivity index (χ4n) is 1.31. The summed E-state index contributed by atoms with van der Waals surface area (Å²) in [5.74, 6) is 0.259. The molecular formula is C11H15NO4. The molecule has 1 aromatic carbocycles. The van der Waals surface area contributed by atoms with Crippen molar-refractivity contribution in [2.75, 3.05) is 7.11 Å². The molecule has 0 aromatic heterocycles. The zero-order chi connectivity index (χ0) is 12.1. The Morgan fingerprint density at radius 3 is 2.62 bits per heavy atom. The van der Waals surface area contributed by atoms with E-state index in [0.29, 0.717) is 5.56 Å². The number of nitrogens with zero attached hydrogens (tertiary/aromatic N) is 1. The second-order valence-corrected chi connectivity index (χ2v) is 3.58. The molecule has 1 aromatic rings. The van der Waals surface area contributed by atoms with Crippen LogP contribution in [-0.2, 0) is 11.3 Å². The van der Waals surface area contributed by atoms with Gasteiger partial charge in [-0.2, -0.15) is 0 Å². The highest BCUT2D eigenvalue weighted by Gasteiger charge is 2.20. The lowest BCUT2D eigenvalue weighted by Crippen LogP contribution is -2.05. The molecular weight excluding hydrogens is 210 g/mol. The Kier molecular flexibility index (Phi) is 4.25. The first-order valence-corrected chi connectivity index (χ1v) is 4.98. The number of nitro benzene ring substituents is 1. The van der Waals surface area contributed by atoms with Gasteiger partial charge >= 0.3 is 5.69 Å². The number of hydrogen-bond acceptors (Lipinski definition) is 4. The molecule has 0 bridgehead atoms. The van der Waals surface area contributed by atoms with E-state index in [2.05, 4.69) is 0 Å². The van der Waals surface area contributed by atoms with E-state index in [4.69, 9.17) is 9.47 Å². The molecule has 0 atom stereocenters. The Balaban J connectivity index is 3.02. The van der Waals surface area contributed by atoms with Crippen molar-refractivity contribution >= 4 is 5.69 Å². The van der Waals surface area contributed by atoms with Crippen LogP contribution in [0.1, 0.15) is 19.4 Å². The third-order valence-electron chi connectivity index (χ3n) is 2.06. The Morgan fingerprint density at radius 1 is 1.44 bits per heavy atom. The number of rotatable bonds is 5. The van der Waals surface area contributed by atoms with Crippen molar-refractivity contribution in [3.8, 4) is 5.75 Å². The minimum absolute atomic E-state index is 0.0225. The largest absolute Gasteiger partial charge is 0.490 e. The van der Waals surface area contributed by atoms with Crippen molar-refractivity contribution in [1.82, 2.24) is 0 Å². The Hall–Kier alpha value is -1.62. The molecule has 0 fully saturated rings. The van der Waals surface area contributed by atoms with Gasteiger partial charge < -0.3 is 9.47 Å². The zero-order valence-corrected chi connectivity index (χ0v) is 9.60. The third-order valence-corrected chi connectivity index (χ3v) is 2.06. The lowest BCUT2D eigenvalue weighted by atomic mass is 10.2. The molecule has 0 unspecified atom stereocenters. The summed E-state index contributed by atoms with van der Waals surface area (Å²) in [6.07, 6.45) is 0.0332. The lowest BCUT2D eigenvalue weighted by Gasteiger charge is -2.09. The van der Waals surface area contributed by atoms with Gasteiger partial charge in [0.2, 0.25) is 0 Å². The number of para-hydroxylation sites is 1. The van der Waals surface area contributed by atoms with Crippen LogP contribution in [0.2, 0.25) is 0 Å². The molecule has 0 spiro atoms. The van der Waals surface area contributed by atoms with Crippen LogP contribution in [-0.4, -0.2) is 18.1 Å². The van der Waals surface area contributed by atoms with Crippen molar-refractivity contribution in [3.05, 3.63) is 33.9 Å². The van der Waals surface area contributed by atoms with Crippen LogP contribution < -0.4 is 4.74 Å². The topological polar surface area (TPSA) is 61.6 Å². The van der Waals surface area contributed by atoms with Crippen LogP contribution >= 0.6 is 0 Å². The summed E-state index contributed by atoms with van der Waals surface area (Å²) in [6, 6.07) is 4.95. The molecule has 0 saturated heterocycles. The van der Waals surface area contributed by atoms with Crippen LogP contribution in [0.15, 0.2) is 18.2 Å². The van der Waals surface area contributed by atoms with E-state index < -0.39 is 4.92 Å². The van der Waals surface area contributed by atoms with Gasteiger partial charge in [-0.3, -0.25) is 10.1 Å². The summed E-state index contributed by atoms with van der Waals surface area (Å²) in [6.45, 7) is 3.98. The molecule has 0 heterocycles. The van der Waals surface area contributed by atoms with Gasteiger partial charge in [0.1, 0.15) is 0 Å². The average molecular weight is 225 g/mol. The van der Waals surface area contributed by atoms with E-state index in [0.717, 1.165) is 0 Å². The highest BCUT2D eigenvalue weighted by molar-refractivity contribution is 5.52. The van der Waals surface area contributed by atoms with Crippen LogP contribution in [0.5, 0.6) is 5.75 Å². The van der Waals surface area contributed by atoms with Crippen molar-refractivity contribution in [2.24, 2.45) is 0 Å². The number of ether oxygens (including phenoxy) is 2. The molecule has 0 N–H and O–H groups in total. The summed E-state index contributed by atoms with van der Waals surface area (Å²) in [5, 5.41) is 10.9. The standard InChI is InChI=1S/C11H15NO4/c1-8(2)16-7-9-5-4-6-10(15-3)11(9)12(13)14/h4-6,8H,7H2,1-3H3. The maximum absolute atomic E-state index is 10.9. The quantitative estimate of drug-likeness (QED) is 0.570. The lowest BCUT2D eigenvalue weighted by molar-refractivity contribution is -0.386. The fourth-order valence-corrected chi connectivity index (χ4v) is 1.31. The van der Waals surface area contributed by atoms with Crippen LogP contribution in [0.3, 0.4) is 0 Å². The van der Waals surface area contributed by atoms with Crippen LogP contribution in [0.4, 0.5) is 5.69 Å².